The molecule has 106 valence electrons. The van der Waals surface area contributed by atoms with E-state index >= 15 is 0 Å². The standard InChI is InChI=1S/C19H24O/c1-2-14-7-9-15(10-8-14)13-17-11-12-18(19(17)20)16-5-3-4-6-16/h7-10,13,16,18H,2-6,11-12H2,1H3/b17-13+/t18-/m1/s1. The molecule has 2 fully saturated rings. The number of rotatable bonds is 3. The van der Waals surface area contributed by atoms with Crippen molar-refractivity contribution in [2.24, 2.45) is 11.8 Å². The van der Waals surface area contributed by atoms with Gasteiger partial charge in [-0.1, -0.05) is 44.0 Å². The Bertz CT molecular complexity index is 503. The van der Waals surface area contributed by atoms with Crippen LogP contribution >= 0.6 is 0 Å². The maximum Gasteiger partial charge on any atom is 0.162 e. The maximum absolute atomic E-state index is 12.6. The normalized spacial score (nSPS) is 25.8. The number of carbonyl (C=O) groups excluding carboxylic acids is 1. The van der Waals surface area contributed by atoms with Crippen LogP contribution in [-0.4, -0.2) is 5.78 Å². The van der Waals surface area contributed by atoms with Gasteiger partial charge in [-0.25, -0.2) is 0 Å². The molecule has 2 saturated carbocycles. The molecule has 0 amide bonds. The number of carbonyl (C=O) groups is 1. The lowest BCUT2D eigenvalue weighted by Gasteiger charge is -2.15. The molecule has 1 nitrogen and oxygen atoms in total. The minimum Gasteiger partial charge on any atom is -0.294 e. The van der Waals surface area contributed by atoms with Crippen LogP contribution in [0.1, 0.15) is 56.6 Å². The van der Waals surface area contributed by atoms with Crippen LogP contribution in [-0.2, 0) is 11.2 Å². The number of benzene rings is 1. The second kappa shape index (κ2) is 5.95. The molecule has 0 spiro atoms. The van der Waals surface area contributed by atoms with E-state index in [4.69, 9.17) is 0 Å². The van der Waals surface area contributed by atoms with Gasteiger partial charge in [0.2, 0.25) is 0 Å². The molecule has 0 aromatic heterocycles. The predicted octanol–water partition coefficient (Wildman–Crippen LogP) is 4.80. The summed E-state index contributed by atoms with van der Waals surface area (Å²) >= 11 is 0. The van der Waals surface area contributed by atoms with Crippen molar-refractivity contribution in [2.45, 2.75) is 51.9 Å². The summed E-state index contributed by atoms with van der Waals surface area (Å²) in [6, 6.07) is 8.62. The Hall–Kier alpha value is -1.37. The van der Waals surface area contributed by atoms with Gasteiger partial charge in [0.1, 0.15) is 0 Å². The van der Waals surface area contributed by atoms with Gasteiger partial charge in [-0.05, 0) is 60.8 Å². The van der Waals surface area contributed by atoms with Gasteiger partial charge in [0.05, 0.1) is 0 Å². The van der Waals surface area contributed by atoms with Crippen molar-refractivity contribution in [2.75, 3.05) is 0 Å². The first-order valence-electron chi connectivity index (χ1n) is 8.11. The zero-order valence-electron chi connectivity index (χ0n) is 12.4. The van der Waals surface area contributed by atoms with Crippen LogP contribution in [0.5, 0.6) is 0 Å². The lowest BCUT2D eigenvalue weighted by atomic mass is 9.88. The van der Waals surface area contributed by atoms with Gasteiger partial charge in [-0.15, -0.1) is 0 Å². The molecular weight excluding hydrogens is 244 g/mol. The van der Waals surface area contributed by atoms with Crippen LogP contribution in [0.15, 0.2) is 29.8 Å². The molecule has 20 heavy (non-hydrogen) atoms. The highest BCUT2D eigenvalue weighted by atomic mass is 16.1. The van der Waals surface area contributed by atoms with E-state index in [1.807, 2.05) is 0 Å². The Labute approximate surface area is 122 Å². The molecule has 0 heterocycles. The van der Waals surface area contributed by atoms with Crippen LogP contribution in [0.4, 0.5) is 0 Å². The fourth-order valence-electron chi connectivity index (χ4n) is 3.81. The third-order valence-corrected chi connectivity index (χ3v) is 5.08. The smallest absolute Gasteiger partial charge is 0.162 e. The van der Waals surface area contributed by atoms with Gasteiger partial charge in [-0.2, -0.15) is 0 Å². The molecule has 0 aliphatic heterocycles. The summed E-state index contributed by atoms with van der Waals surface area (Å²) < 4.78 is 0. The Morgan fingerprint density at radius 2 is 1.80 bits per heavy atom. The lowest BCUT2D eigenvalue weighted by molar-refractivity contribution is -0.119. The van der Waals surface area contributed by atoms with Crippen molar-refractivity contribution in [3.63, 3.8) is 0 Å². The number of hydrogen-bond acceptors (Lipinski definition) is 1. The molecule has 2 aliphatic carbocycles. The van der Waals surface area contributed by atoms with E-state index in [9.17, 15) is 4.79 Å². The molecule has 2 aliphatic rings. The third kappa shape index (κ3) is 2.72. The van der Waals surface area contributed by atoms with Crippen LogP contribution < -0.4 is 0 Å². The molecule has 0 unspecified atom stereocenters. The number of allylic oxidation sites excluding steroid dienone is 1. The predicted molar refractivity (Wildman–Crippen MR) is 83.5 cm³/mol. The molecule has 1 heteroatoms. The Morgan fingerprint density at radius 1 is 1.10 bits per heavy atom. The molecule has 1 atom stereocenters. The highest BCUT2D eigenvalue weighted by Crippen LogP contribution is 2.40. The maximum atomic E-state index is 12.6. The van der Waals surface area contributed by atoms with Crippen molar-refractivity contribution >= 4 is 11.9 Å². The lowest BCUT2D eigenvalue weighted by Crippen LogP contribution is -2.16. The summed E-state index contributed by atoms with van der Waals surface area (Å²) in [7, 11) is 0. The average Bonchev–Trinajstić information content (AvgIpc) is 3.11. The molecule has 0 saturated heterocycles. The van der Waals surface area contributed by atoms with Crippen LogP contribution in [0, 0.1) is 11.8 Å². The Morgan fingerprint density at radius 3 is 2.45 bits per heavy atom. The molecule has 1 aromatic carbocycles. The Kier molecular flexibility index (Phi) is 4.05. The van der Waals surface area contributed by atoms with Crippen LogP contribution in [0.3, 0.4) is 0 Å². The summed E-state index contributed by atoms with van der Waals surface area (Å²) in [6.07, 6.45) is 10.5. The van der Waals surface area contributed by atoms with E-state index in [2.05, 4.69) is 37.3 Å². The SMILES string of the molecule is CCc1ccc(/C=C2\CC[C@H](C3CCCC3)C2=O)cc1. The number of ketones is 1. The van der Waals surface area contributed by atoms with Crippen molar-refractivity contribution in [3.05, 3.63) is 41.0 Å². The summed E-state index contributed by atoms with van der Waals surface area (Å²) in [5.41, 5.74) is 3.59. The van der Waals surface area contributed by atoms with E-state index < -0.39 is 0 Å². The van der Waals surface area contributed by atoms with Crippen molar-refractivity contribution in [1.29, 1.82) is 0 Å². The van der Waals surface area contributed by atoms with Gasteiger partial charge in [0, 0.05) is 5.92 Å². The van der Waals surface area contributed by atoms with E-state index in [0.29, 0.717) is 17.6 Å². The second-order valence-electron chi connectivity index (χ2n) is 6.32. The fraction of sp³-hybridized carbons (Fsp3) is 0.526. The van der Waals surface area contributed by atoms with E-state index in [0.717, 1.165) is 24.8 Å². The summed E-state index contributed by atoms with van der Waals surface area (Å²) in [5, 5.41) is 0. The molecule has 0 N–H and O–H groups in total. The molecule has 0 radical (unpaired) electrons. The summed E-state index contributed by atoms with van der Waals surface area (Å²) in [4.78, 5) is 12.6. The first-order valence-corrected chi connectivity index (χ1v) is 8.11. The van der Waals surface area contributed by atoms with E-state index in [1.54, 1.807) is 0 Å². The number of Topliss-reactive ketones (excluding diaryl/α,β-unsaturated/α-hetero) is 1. The summed E-state index contributed by atoms with van der Waals surface area (Å²) in [6.45, 7) is 2.17. The highest BCUT2D eigenvalue weighted by molar-refractivity contribution is 6.03. The monoisotopic (exact) mass is 268 g/mol. The quantitative estimate of drug-likeness (QED) is 0.719. The highest BCUT2D eigenvalue weighted by Gasteiger charge is 2.36. The minimum atomic E-state index is 0.332. The van der Waals surface area contributed by atoms with Gasteiger partial charge < -0.3 is 0 Å². The average molecular weight is 268 g/mol. The van der Waals surface area contributed by atoms with Crippen LogP contribution in [0.2, 0.25) is 0 Å². The topological polar surface area (TPSA) is 17.1 Å². The Balaban J connectivity index is 1.73. The largest absolute Gasteiger partial charge is 0.294 e. The molecule has 0 bridgehead atoms. The van der Waals surface area contributed by atoms with Gasteiger partial charge in [0.25, 0.3) is 0 Å². The van der Waals surface area contributed by atoms with Crippen molar-refractivity contribution in [3.8, 4) is 0 Å². The molecule has 1 aromatic rings. The third-order valence-electron chi connectivity index (χ3n) is 5.08. The van der Waals surface area contributed by atoms with Gasteiger partial charge in [-0.3, -0.25) is 4.79 Å². The number of aryl methyl sites for hydroxylation is 1. The van der Waals surface area contributed by atoms with Crippen molar-refractivity contribution < 1.29 is 4.79 Å². The molecule has 3 rings (SSSR count). The summed E-state index contributed by atoms with van der Waals surface area (Å²) in [5.74, 6) is 1.45. The van der Waals surface area contributed by atoms with E-state index in [1.165, 1.54) is 36.8 Å². The number of hydrogen-bond donors (Lipinski definition) is 0. The first-order chi connectivity index (χ1) is 9.78. The fourth-order valence-corrected chi connectivity index (χ4v) is 3.81. The second-order valence-corrected chi connectivity index (χ2v) is 6.32. The van der Waals surface area contributed by atoms with Gasteiger partial charge in [0.15, 0.2) is 5.78 Å². The minimum absolute atomic E-state index is 0.332. The van der Waals surface area contributed by atoms with Crippen molar-refractivity contribution in [1.82, 2.24) is 0 Å². The molecular formula is C19H24O. The van der Waals surface area contributed by atoms with Crippen LogP contribution in [0.25, 0.3) is 6.08 Å². The van der Waals surface area contributed by atoms with Gasteiger partial charge >= 0.3 is 0 Å². The first kappa shape index (κ1) is 13.6. The van der Waals surface area contributed by atoms with E-state index in [-0.39, 0.29) is 0 Å². The zero-order chi connectivity index (χ0) is 13.9. The zero-order valence-corrected chi connectivity index (χ0v) is 12.4.